The van der Waals surface area contributed by atoms with Crippen molar-refractivity contribution in [2.24, 2.45) is 4.99 Å². The third-order valence-electron chi connectivity index (χ3n) is 1.17. The number of rotatable bonds is 1. The van der Waals surface area contributed by atoms with Crippen molar-refractivity contribution in [2.45, 2.75) is 6.17 Å². The van der Waals surface area contributed by atoms with Crippen LogP contribution in [0.2, 0.25) is 0 Å². The van der Waals surface area contributed by atoms with Gasteiger partial charge in [0.25, 0.3) is 5.91 Å². The van der Waals surface area contributed by atoms with Crippen LogP contribution in [0.15, 0.2) is 4.99 Å². The highest BCUT2D eigenvalue weighted by Gasteiger charge is 2.09. The lowest BCUT2D eigenvalue weighted by Gasteiger charge is -2.14. The van der Waals surface area contributed by atoms with Crippen LogP contribution in [0.1, 0.15) is 0 Å². The van der Waals surface area contributed by atoms with E-state index < -0.39 is 0 Å². The molecule has 1 atom stereocenters. The van der Waals surface area contributed by atoms with Crippen LogP contribution in [-0.2, 0) is 4.79 Å². The van der Waals surface area contributed by atoms with Crippen LogP contribution in [0.25, 0.3) is 0 Å². The van der Waals surface area contributed by atoms with Crippen LogP contribution >= 0.6 is 0 Å². The van der Waals surface area contributed by atoms with Crippen LogP contribution in [0, 0.1) is 0 Å². The third-order valence-corrected chi connectivity index (χ3v) is 1.17. The molecule has 1 rings (SSSR count). The molecule has 0 saturated heterocycles. The zero-order valence-electron chi connectivity index (χ0n) is 5.22. The Bertz CT molecular complexity index is 143. The van der Waals surface area contributed by atoms with Crippen LogP contribution < -0.4 is 10.6 Å². The molecule has 4 nitrogen and oxygen atoms in total. The second-order valence-electron chi connectivity index (χ2n) is 1.83. The predicted molar refractivity (Wildman–Crippen MR) is 34.3 cm³/mol. The van der Waals surface area contributed by atoms with E-state index in [-0.39, 0.29) is 12.1 Å². The Balaban J connectivity index is 2.48. The number of hydrogen-bond donors (Lipinski definition) is 2. The van der Waals surface area contributed by atoms with Crippen molar-refractivity contribution in [3.8, 4) is 0 Å². The van der Waals surface area contributed by atoms with Gasteiger partial charge in [-0.15, -0.1) is 0 Å². The summed E-state index contributed by atoms with van der Waals surface area (Å²) in [5.74, 6) is -0.110. The molecule has 0 aromatic rings. The largest absolute Gasteiger partial charge is 0.348 e. The minimum atomic E-state index is -0.110. The fourth-order valence-corrected chi connectivity index (χ4v) is 0.630. The number of carbonyl (C=O) groups is 1. The van der Waals surface area contributed by atoms with Crippen molar-refractivity contribution in [1.29, 1.82) is 0 Å². The lowest BCUT2D eigenvalue weighted by atomic mass is 10.4. The Hall–Kier alpha value is -0.900. The first kappa shape index (κ1) is 6.22. The number of aliphatic imine (C=N–C) groups is 1. The van der Waals surface area contributed by atoms with Gasteiger partial charge in [-0.05, 0) is 7.05 Å². The van der Waals surface area contributed by atoms with Gasteiger partial charge in [-0.1, -0.05) is 0 Å². The SMILES string of the molecule is CNC1CNC(=O)C=N1. The van der Waals surface area contributed by atoms with E-state index in [1.54, 1.807) is 7.05 Å². The topological polar surface area (TPSA) is 53.5 Å². The van der Waals surface area contributed by atoms with Gasteiger partial charge in [-0.2, -0.15) is 0 Å². The summed E-state index contributed by atoms with van der Waals surface area (Å²) in [6.45, 7) is 0.589. The molecule has 2 N–H and O–H groups in total. The molecular weight excluding hydrogens is 118 g/mol. The average Bonchev–Trinajstić information content (AvgIpc) is 1.90. The Morgan fingerprint density at radius 3 is 3.22 bits per heavy atom. The van der Waals surface area contributed by atoms with Crippen LogP contribution in [-0.4, -0.2) is 31.9 Å². The van der Waals surface area contributed by atoms with Gasteiger partial charge < -0.3 is 5.32 Å². The van der Waals surface area contributed by atoms with Gasteiger partial charge in [0.2, 0.25) is 0 Å². The highest BCUT2D eigenvalue weighted by Crippen LogP contribution is 1.85. The molecule has 0 spiro atoms. The number of nitrogens with one attached hydrogen (secondary N) is 2. The van der Waals surface area contributed by atoms with E-state index in [1.165, 1.54) is 6.21 Å². The van der Waals surface area contributed by atoms with E-state index in [4.69, 9.17) is 0 Å². The number of hydrogen-bond acceptors (Lipinski definition) is 3. The molecule has 0 saturated carbocycles. The monoisotopic (exact) mass is 127 g/mol. The lowest BCUT2D eigenvalue weighted by molar-refractivity contribution is -0.114. The normalized spacial score (nSPS) is 25.9. The molecule has 50 valence electrons. The Morgan fingerprint density at radius 2 is 2.78 bits per heavy atom. The molecule has 0 fully saturated rings. The van der Waals surface area contributed by atoms with Crippen molar-refractivity contribution in [3.63, 3.8) is 0 Å². The molecule has 4 heteroatoms. The zero-order chi connectivity index (χ0) is 6.69. The maximum absolute atomic E-state index is 10.4. The Morgan fingerprint density at radius 1 is 2.00 bits per heavy atom. The molecule has 1 aliphatic heterocycles. The average molecular weight is 127 g/mol. The predicted octanol–water partition coefficient (Wildman–Crippen LogP) is -1.27. The quantitative estimate of drug-likeness (QED) is 0.461. The van der Waals surface area contributed by atoms with E-state index in [0.29, 0.717) is 6.54 Å². The van der Waals surface area contributed by atoms with Gasteiger partial charge in [0, 0.05) is 0 Å². The number of likely N-dealkylation sites (N-methyl/N-ethyl adjacent to an activating group) is 1. The van der Waals surface area contributed by atoms with Gasteiger partial charge >= 0.3 is 0 Å². The van der Waals surface area contributed by atoms with Crippen molar-refractivity contribution in [1.82, 2.24) is 10.6 Å². The first-order valence-corrected chi connectivity index (χ1v) is 2.81. The van der Waals surface area contributed by atoms with Gasteiger partial charge in [0.15, 0.2) is 0 Å². The number of carbonyl (C=O) groups excluding carboxylic acids is 1. The van der Waals surface area contributed by atoms with Crippen molar-refractivity contribution in [2.75, 3.05) is 13.6 Å². The van der Waals surface area contributed by atoms with E-state index in [1.807, 2.05) is 0 Å². The Labute approximate surface area is 53.3 Å². The lowest BCUT2D eigenvalue weighted by Crippen LogP contribution is -2.42. The van der Waals surface area contributed by atoms with Crippen LogP contribution in [0.3, 0.4) is 0 Å². The standard InChI is InChI=1S/C5H9N3O/c1-6-4-2-8-5(9)3-7-4/h3-4,6H,2H2,1H3,(H,8,9). The van der Waals surface area contributed by atoms with Gasteiger partial charge in [-0.25, -0.2) is 0 Å². The molecule has 1 unspecified atom stereocenters. The smallest absolute Gasteiger partial charge is 0.262 e. The fourth-order valence-electron chi connectivity index (χ4n) is 0.630. The van der Waals surface area contributed by atoms with Gasteiger partial charge in [-0.3, -0.25) is 15.1 Å². The van der Waals surface area contributed by atoms with Crippen molar-refractivity contribution < 1.29 is 4.79 Å². The summed E-state index contributed by atoms with van der Waals surface area (Å²) >= 11 is 0. The maximum atomic E-state index is 10.4. The maximum Gasteiger partial charge on any atom is 0.262 e. The van der Waals surface area contributed by atoms with Crippen LogP contribution in [0.4, 0.5) is 0 Å². The molecule has 0 radical (unpaired) electrons. The molecular formula is C5H9N3O. The molecule has 0 aromatic carbocycles. The Kier molecular flexibility index (Phi) is 1.79. The molecule has 9 heavy (non-hydrogen) atoms. The first-order chi connectivity index (χ1) is 4.33. The van der Waals surface area contributed by atoms with Crippen LogP contribution in [0.5, 0.6) is 0 Å². The fraction of sp³-hybridized carbons (Fsp3) is 0.600. The van der Waals surface area contributed by atoms with Gasteiger partial charge in [0.05, 0.1) is 12.8 Å². The van der Waals surface area contributed by atoms with E-state index in [2.05, 4.69) is 15.6 Å². The molecule has 0 bridgehead atoms. The molecule has 1 amide bonds. The van der Waals surface area contributed by atoms with E-state index in [9.17, 15) is 4.79 Å². The molecule has 0 aromatic heterocycles. The van der Waals surface area contributed by atoms with Gasteiger partial charge in [0.1, 0.15) is 6.17 Å². The highest BCUT2D eigenvalue weighted by molar-refractivity contribution is 6.26. The molecule has 0 aliphatic carbocycles. The van der Waals surface area contributed by atoms with E-state index >= 15 is 0 Å². The second kappa shape index (κ2) is 2.59. The van der Waals surface area contributed by atoms with Crippen molar-refractivity contribution in [3.05, 3.63) is 0 Å². The molecule has 1 aliphatic rings. The number of amides is 1. The number of nitrogens with zero attached hydrogens (tertiary/aromatic N) is 1. The summed E-state index contributed by atoms with van der Waals surface area (Å²) in [6, 6.07) is 0. The first-order valence-electron chi connectivity index (χ1n) is 2.81. The second-order valence-corrected chi connectivity index (χ2v) is 1.83. The van der Waals surface area contributed by atoms with Crippen molar-refractivity contribution >= 4 is 12.1 Å². The summed E-state index contributed by atoms with van der Waals surface area (Å²) in [7, 11) is 1.81. The minimum Gasteiger partial charge on any atom is -0.348 e. The summed E-state index contributed by atoms with van der Waals surface area (Å²) in [4.78, 5) is 14.3. The summed E-state index contributed by atoms with van der Waals surface area (Å²) in [5.41, 5.74) is 0. The zero-order valence-corrected chi connectivity index (χ0v) is 5.22. The van der Waals surface area contributed by atoms with E-state index in [0.717, 1.165) is 0 Å². The summed E-state index contributed by atoms with van der Waals surface area (Å²) in [5, 5.41) is 5.54. The minimum absolute atomic E-state index is 0.0581. The summed E-state index contributed by atoms with van der Waals surface area (Å²) in [6.07, 6.45) is 1.35. The summed E-state index contributed by atoms with van der Waals surface area (Å²) < 4.78 is 0. The molecule has 1 heterocycles. The third kappa shape index (κ3) is 1.50. The highest BCUT2D eigenvalue weighted by atomic mass is 16.1.